The van der Waals surface area contributed by atoms with Crippen molar-refractivity contribution in [3.05, 3.63) is 0 Å². The molecule has 0 radical (unpaired) electrons. The third-order valence-electron chi connectivity index (χ3n) is 3.98. The predicted molar refractivity (Wildman–Crippen MR) is 69.0 cm³/mol. The molecule has 1 fully saturated rings. The van der Waals surface area contributed by atoms with E-state index in [1.54, 1.807) is 0 Å². The van der Waals surface area contributed by atoms with Crippen molar-refractivity contribution >= 4 is 5.97 Å². The molecule has 0 aromatic heterocycles. The van der Waals surface area contributed by atoms with E-state index in [-0.39, 0.29) is 5.97 Å². The molecule has 0 heterocycles. The maximum atomic E-state index is 11.9. The molecule has 1 saturated carbocycles. The first kappa shape index (κ1) is 14.5. The minimum atomic E-state index is -0.458. The van der Waals surface area contributed by atoms with Crippen molar-refractivity contribution in [2.75, 3.05) is 27.2 Å². The lowest BCUT2D eigenvalue weighted by atomic mass is 9.97. The Balaban J connectivity index is 2.68. The highest BCUT2D eigenvalue weighted by Gasteiger charge is 2.46. The van der Waals surface area contributed by atoms with Crippen LogP contribution in [0.1, 0.15) is 39.5 Å². The van der Waals surface area contributed by atoms with Crippen LogP contribution in [0.3, 0.4) is 0 Å². The normalized spacial score (nSPS) is 28.6. The number of nitrogens with zero attached hydrogens (tertiary/aromatic N) is 1. The Bertz CT molecular complexity index is 258. The number of nitrogens with one attached hydrogen (secondary N) is 1. The molecule has 0 spiro atoms. The first-order chi connectivity index (χ1) is 8.13. The average Bonchev–Trinajstić information content (AvgIpc) is 2.80. The molecule has 1 aliphatic carbocycles. The van der Waals surface area contributed by atoms with Gasteiger partial charge in [0, 0.05) is 6.04 Å². The molecule has 2 unspecified atom stereocenters. The zero-order valence-corrected chi connectivity index (χ0v) is 11.6. The van der Waals surface area contributed by atoms with Gasteiger partial charge in [-0.05, 0) is 45.8 Å². The van der Waals surface area contributed by atoms with Gasteiger partial charge < -0.3 is 15.0 Å². The van der Waals surface area contributed by atoms with Gasteiger partial charge in [0.25, 0.3) is 0 Å². The van der Waals surface area contributed by atoms with Crippen LogP contribution in [-0.2, 0) is 9.53 Å². The van der Waals surface area contributed by atoms with E-state index in [9.17, 15) is 4.79 Å². The van der Waals surface area contributed by atoms with Gasteiger partial charge >= 0.3 is 5.97 Å². The molecular formula is C13H26N2O2. The smallest absolute Gasteiger partial charge is 0.326 e. The third-order valence-corrected chi connectivity index (χ3v) is 3.98. The number of ether oxygens (including phenoxy) is 1. The number of esters is 1. The standard InChI is InChI=1S/C13H26N2O2/c1-5-9-15(6-2)11-7-8-13(10-11,14-3)12(16)17-4/h11,14H,5-10H2,1-4H3. The second kappa shape index (κ2) is 6.36. The molecule has 4 nitrogen and oxygen atoms in total. The SMILES string of the molecule is CCCN(CC)C1CCC(NC)(C(=O)OC)C1. The summed E-state index contributed by atoms with van der Waals surface area (Å²) in [5.41, 5.74) is -0.458. The molecule has 1 N–H and O–H groups in total. The Morgan fingerprint density at radius 2 is 2.24 bits per heavy atom. The van der Waals surface area contributed by atoms with Gasteiger partial charge in [0.05, 0.1) is 7.11 Å². The molecule has 0 aromatic rings. The average molecular weight is 242 g/mol. The van der Waals surface area contributed by atoms with Gasteiger partial charge in [-0.3, -0.25) is 4.79 Å². The van der Waals surface area contributed by atoms with Crippen molar-refractivity contribution in [2.45, 2.75) is 51.1 Å². The second-order valence-corrected chi connectivity index (χ2v) is 4.85. The molecule has 4 heteroatoms. The van der Waals surface area contributed by atoms with Crippen molar-refractivity contribution in [2.24, 2.45) is 0 Å². The van der Waals surface area contributed by atoms with Gasteiger partial charge in [0.1, 0.15) is 5.54 Å². The van der Waals surface area contributed by atoms with Crippen LogP contribution in [0, 0.1) is 0 Å². The second-order valence-electron chi connectivity index (χ2n) is 4.85. The summed E-state index contributed by atoms with van der Waals surface area (Å²) < 4.78 is 4.93. The molecule has 0 aliphatic heterocycles. The number of hydrogen-bond acceptors (Lipinski definition) is 4. The minimum absolute atomic E-state index is 0.116. The Labute approximate surface area is 105 Å². The van der Waals surface area contributed by atoms with Gasteiger partial charge in [-0.1, -0.05) is 13.8 Å². The quantitative estimate of drug-likeness (QED) is 0.715. The fraction of sp³-hybridized carbons (Fsp3) is 0.923. The van der Waals surface area contributed by atoms with Crippen molar-refractivity contribution in [3.8, 4) is 0 Å². The lowest BCUT2D eigenvalue weighted by Crippen LogP contribution is -2.50. The van der Waals surface area contributed by atoms with Crippen LogP contribution in [0.4, 0.5) is 0 Å². The van der Waals surface area contributed by atoms with Gasteiger partial charge in [-0.25, -0.2) is 0 Å². The van der Waals surface area contributed by atoms with E-state index >= 15 is 0 Å². The van der Waals surface area contributed by atoms with E-state index < -0.39 is 5.54 Å². The third kappa shape index (κ3) is 2.99. The summed E-state index contributed by atoms with van der Waals surface area (Å²) in [5.74, 6) is -0.116. The first-order valence-corrected chi connectivity index (χ1v) is 6.64. The maximum Gasteiger partial charge on any atom is 0.326 e. The highest BCUT2D eigenvalue weighted by Crippen LogP contribution is 2.33. The van der Waals surface area contributed by atoms with E-state index in [1.807, 2.05) is 7.05 Å². The zero-order chi connectivity index (χ0) is 12.9. The lowest BCUT2D eigenvalue weighted by molar-refractivity contribution is -0.148. The number of carbonyl (C=O) groups is 1. The highest BCUT2D eigenvalue weighted by atomic mass is 16.5. The summed E-state index contributed by atoms with van der Waals surface area (Å²) >= 11 is 0. The molecule has 0 bridgehead atoms. The fourth-order valence-electron chi connectivity index (χ4n) is 2.93. The van der Waals surface area contributed by atoms with Crippen molar-refractivity contribution in [1.82, 2.24) is 10.2 Å². The van der Waals surface area contributed by atoms with Gasteiger partial charge in [-0.15, -0.1) is 0 Å². The number of hydrogen-bond donors (Lipinski definition) is 1. The number of likely N-dealkylation sites (N-methyl/N-ethyl adjacent to an activating group) is 1. The summed E-state index contributed by atoms with van der Waals surface area (Å²) in [6.07, 6.45) is 3.98. The van der Waals surface area contributed by atoms with Crippen LogP contribution in [0.2, 0.25) is 0 Å². The summed E-state index contributed by atoms with van der Waals surface area (Å²) in [4.78, 5) is 14.4. The van der Waals surface area contributed by atoms with E-state index in [2.05, 4.69) is 24.1 Å². The number of carbonyl (C=O) groups excluding carboxylic acids is 1. The molecule has 100 valence electrons. The predicted octanol–water partition coefficient (Wildman–Crippen LogP) is 1.40. The van der Waals surface area contributed by atoms with Crippen LogP contribution in [0.25, 0.3) is 0 Å². The summed E-state index contributed by atoms with van der Waals surface area (Å²) in [5, 5.41) is 3.18. The Kier molecular flexibility index (Phi) is 5.40. The van der Waals surface area contributed by atoms with Crippen molar-refractivity contribution in [3.63, 3.8) is 0 Å². The Morgan fingerprint density at radius 3 is 2.71 bits per heavy atom. The fourth-order valence-corrected chi connectivity index (χ4v) is 2.93. The van der Waals surface area contributed by atoms with Crippen LogP contribution in [-0.4, -0.2) is 49.7 Å². The van der Waals surface area contributed by atoms with Crippen molar-refractivity contribution in [1.29, 1.82) is 0 Å². The summed E-state index contributed by atoms with van der Waals surface area (Å²) in [7, 11) is 3.33. The summed E-state index contributed by atoms with van der Waals surface area (Å²) in [6, 6.07) is 0.506. The number of methoxy groups -OCH3 is 1. The van der Waals surface area contributed by atoms with Crippen LogP contribution in [0.15, 0.2) is 0 Å². The maximum absolute atomic E-state index is 11.9. The first-order valence-electron chi connectivity index (χ1n) is 6.64. The molecule has 17 heavy (non-hydrogen) atoms. The van der Waals surface area contributed by atoms with E-state index in [1.165, 1.54) is 7.11 Å². The van der Waals surface area contributed by atoms with Gasteiger partial charge in [0.15, 0.2) is 0 Å². The number of rotatable bonds is 6. The molecule has 1 aliphatic rings. The Morgan fingerprint density at radius 1 is 1.53 bits per heavy atom. The Hall–Kier alpha value is -0.610. The monoisotopic (exact) mass is 242 g/mol. The van der Waals surface area contributed by atoms with Gasteiger partial charge in [0.2, 0.25) is 0 Å². The van der Waals surface area contributed by atoms with Gasteiger partial charge in [-0.2, -0.15) is 0 Å². The van der Waals surface area contributed by atoms with Crippen LogP contribution in [0.5, 0.6) is 0 Å². The topological polar surface area (TPSA) is 41.6 Å². The lowest BCUT2D eigenvalue weighted by Gasteiger charge is -2.30. The molecule has 1 rings (SSSR count). The minimum Gasteiger partial charge on any atom is -0.468 e. The summed E-state index contributed by atoms with van der Waals surface area (Å²) in [6.45, 7) is 6.55. The molecule has 0 amide bonds. The molecule has 0 saturated heterocycles. The van der Waals surface area contributed by atoms with Crippen LogP contribution < -0.4 is 5.32 Å². The van der Waals surface area contributed by atoms with Crippen LogP contribution >= 0.6 is 0 Å². The van der Waals surface area contributed by atoms with E-state index in [0.29, 0.717) is 6.04 Å². The molecular weight excluding hydrogens is 216 g/mol. The van der Waals surface area contributed by atoms with E-state index in [0.717, 1.165) is 38.8 Å². The molecule has 2 atom stereocenters. The largest absolute Gasteiger partial charge is 0.468 e. The highest BCUT2D eigenvalue weighted by molar-refractivity contribution is 5.81. The van der Waals surface area contributed by atoms with Crippen molar-refractivity contribution < 1.29 is 9.53 Å². The zero-order valence-electron chi connectivity index (χ0n) is 11.6. The van der Waals surface area contributed by atoms with E-state index in [4.69, 9.17) is 4.74 Å². The molecule has 0 aromatic carbocycles.